The highest BCUT2D eigenvalue weighted by Gasteiger charge is 2.23. The van der Waals surface area contributed by atoms with Crippen LogP contribution in [0.25, 0.3) is 67.4 Å². The van der Waals surface area contributed by atoms with Gasteiger partial charge >= 0.3 is 0 Å². The van der Waals surface area contributed by atoms with Crippen LogP contribution in [0.3, 0.4) is 0 Å². The summed E-state index contributed by atoms with van der Waals surface area (Å²) in [5, 5.41) is 0. The van der Waals surface area contributed by atoms with Crippen molar-refractivity contribution in [1.29, 1.82) is 0 Å². The molecule has 0 aliphatic rings. The maximum Gasteiger partial charge on any atom is 0.0462 e. The molecule has 71 heavy (non-hydrogen) atoms. The number of hydrogen-bond donors (Lipinski definition) is 0. The van der Waals surface area contributed by atoms with Crippen molar-refractivity contribution in [3.63, 3.8) is 0 Å². The van der Waals surface area contributed by atoms with Crippen molar-refractivity contribution < 1.29 is 0 Å². The lowest BCUT2D eigenvalue weighted by molar-refractivity contribution is 1.28. The molecular formula is C68H50N2S. The largest absolute Gasteiger partial charge is 0.311 e. The lowest BCUT2D eigenvalue weighted by Crippen LogP contribution is -2.09. The third-order valence-electron chi connectivity index (χ3n) is 12.7. The van der Waals surface area contributed by atoms with Crippen LogP contribution in [-0.2, 0) is 0 Å². The average Bonchev–Trinajstić information content (AvgIpc) is 3.86. The summed E-state index contributed by atoms with van der Waals surface area (Å²) < 4.78 is 0. The van der Waals surface area contributed by atoms with E-state index in [1.165, 1.54) is 43.1 Å². The van der Waals surface area contributed by atoms with Crippen molar-refractivity contribution in [2.24, 2.45) is 0 Å². The first-order valence-electron chi connectivity index (χ1n) is 24.1. The van der Waals surface area contributed by atoms with Crippen molar-refractivity contribution in [2.75, 3.05) is 9.80 Å². The summed E-state index contributed by atoms with van der Waals surface area (Å²) in [5.74, 6) is 0. The lowest BCUT2D eigenvalue weighted by atomic mass is 9.91. The zero-order valence-electron chi connectivity index (χ0n) is 39.2. The molecule has 3 heteroatoms. The van der Waals surface area contributed by atoms with Crippen LogP contribution >= 0.6 is 11.3 Å². The molecule has 0 radical (unpaired) electrons. The van der Waals surface area contributed by atoms with Gasteiger partial charge in [0.05, 0.1) is 0 Å². The Bertz CT molecular complexity index is 3180. The van der Waals surface area contributed by atoms with Crippen molar-refractivity contribution in [1.82, 2.24) is 0 Å². The Morgan fingerprint density at radius 3 is 0.704 bits per heavy atom. The molecule has 0 aliphatic carbocycles. The van der Waals surface area contributed by atoms with E-state index in [-0.39, 0.29) is 0 Å². The molecule has 0 atom stereocenters. The molecule has 11 rings (SSSR count). The number of rotatable bonds is 14. The fourth-order valence-electron chi connectivity index (χ4n) is 9.15. The minimum atomic E-state index is 1.11. The van der Waals surface area contributed by atoms with Crippen molar-refractivity contribution >= 4 is 69.8 Å². The molecule has 0 fully saturated rings. The first-order chi connectivity index (χ1) is 35.2. The van der Waals surface area contributed by atoms with Gasteiger partial charge in [-0.25, -0.2) is 0 Å². The number of hydrogen-bond acceptors (Lipinski definition) is 3. The van der Waals surface area contributed by atoms with Gasteiger partial charge in [0.1, 0.15) is 0 Å². The second-order valence-corrected chi connectivity index (χ2v) is 18.4. The zero-order chi connectivity index (χ0) is 47.6. The highest BCUT2D eigenvalue weighted by Crippen LogP contribution is 2.52. The van der Waals surface area contributed by atoms with Crippen LogP contribution in [0.1, 0.15) is 22.3 Å². The van der Waals surface area contributed by atoms with Gasteiger partial charge in [0.15, 0.2) is 0 Å². The van der Waals surface area contributed by atoms with Crippen LogP contribution in [0.4, 0.5) is 34.1 Å². The Balaban J connectivity index is 0.868. The van der Waals surface area contributed by atoms with E-state index in [1.54, 1.807) is 0 Å². The quantitative estimate of drug-likeness (QED) is 0.100. The van der Waals surface area contributed by atoms with E-state index in [4.69, 9.17) is 0 Å². The van der Waals surface area contributed by atoms with Gasteiger partial charge in [-0.05, 0) is 117 Å². The van der Waals surface area contributed by atoms with Gasteiger partial charge in [-0.2, -0.15) is 0 Å². The van der Waals surface area contributed by atoms with Gasteiger partial charge in [-0.3, -0.25) is 0 Å². The van der Waals surface area contributed by atoms with Gasteiger partial charge < -0.3 is 9.80 Å². The summed E-state index contributed by atoms with van der Waals surface area (Å²) in [5.41, 5.74) is 18.6. The Kier molecular flexibility index (Phi) is 13.2. The molecule has 0 saturated heterocycles. The third-order valence-corrected chi connectivity index (χ3v) is 14.0. The van der Waals surface area contributed by atoms with E-state index >= 15 is 0 Å². The second kappa shape index (κ2) is 21.1. The maximum absolute atomic E-state index is 2.29. The fraction of sp³-hybridized carbons (Fsp3) is 0. The number of anilines is 6. The molecule has 2 nitrogen and oxygen atoms in total. The Morgan fingerprint density at radius 2 is 0.437 bits per heavy atom. The predicted molar refractivity (Wildman–Crippen MR) is 306 cm³/mol. The van der Waals surface area contributed by atoms with Crippen LogP contribution in [0.2, 0.25) is 0 Å². The van der Waals surface area contributed by atoms with Gasteiger partial charge in [0, 0.05) is 55.0 Å². The van der Waals surface area contributed by atoms with Crippen molar-refractivity contribution in [2.45, 2.75) is 0 Å². The van der Waals surface area contributed by atoms with Crippen LogP contribution in [0.15, 0.2) is 279 Å². The molecule has 0 bridgehead atoms. The summed E-state index contributed by atoms with van der Waals surface area (Å²) in [6, 6.07) is 99.4. The van der Waals surface area contributed by atoms with Gasteiger partial charge in [0.2, 0.25) is 0 Å². The highest BCUT2D eigenvalue weighted by molar-refractivity contribution is 7.20. The summed E-state index contributed by atoms with van der Waals surface area (Å²) in [4.78, 5) is 7.08. The molecule has 0 unspecified atom stereocenters. The molecule has 11 aromatic rings. The molecular weight excluding hydrogens is 877 g/mol. The molecule has 0 spiro atoms. The van der Waals surface area contributed by atoms with Crippen molar-refractivity contribution in [3.05, 3.63) is 301 Å². The van der Waals surface area contributed by atoms with Gasteiger partial charge in [-0.1, -0.05) is 231 Å². The average molecular weight is 927 g/mol. The van der Waals surface area contributed by atoms with E-state index < -0.39 is 0 Å². The van der Waals surface area contributed by atoms with Crippen LogP contribution < -0.4 is 9.80 Å². The van der Waals surface area contributed by atoms with E-state index in [0.29, 0.717) is 0 Å². The highest BCUT2D eigenvalue weighted by atomic mass is 32.1. The van der Waals surface area contributed by atoms with E-state index in [1.807, 2.05) is 11.3 Å². The lowest BCUT2D eigenvalue weighted by Gasteiger charge is -2.25. The summed E-state index contributed by atoms with van der Waals surface area (Å²) in [6.07, 6.45) is 8.80. The topological polar surface area (TPSA) is 6.48 Å². The Morgan fingerprint density at radius 1 is 0.211 bits per heavy atom. The minimum Gasteiger partial charge on any atom is -0.311 e. The molecule has 0 amide bonds. The van der Waals surface area contributed by atoms with Crippen LogP contribution in [0, 0.1) is 0 Å². The predicted octanol–water partition coefficient (Wildman–Crippen LogP) is 19.7. The second-order valence-electron chi connectivity index (χ2n) is 17.3. The summed E-state index contributed by atoms with van der Waals surface area (Å²) in [6.45, 7) is 0. The van der Waals surface area contributed by atoms with Gasteiger partial charge in [-0.15, -0.1) is 11.3 Å². The van der Waals surface area contributed by atoms with Gasteiger partial charge in [0.25, 0.3) is 0 Å². The molecule has 0 aliphatic heterocycles. The number of benzene rings is 10. The van der Waals surface area contributed by atoms with Crippen LogP contribution in [-0.4, -0.2) is 0 Å². The number of nitrogens with zero attached hydrogens (tertiary/aromatic N) is 2. The van der Waals surface area contributed by atoms with E-state index in [9.17, 15) is 0 Å². The minimum absolute atomic E-state index is 1.11. The smallest absolute Gasteiger partial charge is 0.0462 e. The molecule has 10 aromatic carbocycles. The molecule has 0 N–H and O–H groups in total. The Hall–Kier alpha value is -9.02. The van der Waals surface area contributed by atoms with E-state index in [0.717, 1.165) is 56.4 Å². The molecule has 1 heterocycles. The number of thiophene rings is 1. The van der Waals surface area contributed by atoms with E-state index in [2.05, 4.69) is 313 Å². The molecule has 1 aromatic heterocycles. The zero-order valence-corrected chi connectivity index (χ0v) is 40.0. The summed E-state index contributed by atoms with van der Waals surface area (Å²) in [7, 11) is 0. The standard InChI is InChI=1S/C68H50N2S/c1-7-19-55(20-8-1)65-66(56-21-9-2-10-22-56)68(58-45-37-52(38-46-58)32-34-54-41-49-64(50-42-54)70(61-27-15-5-16-28-61)62-29-17-6-18-30-62)71-67(65)57-43-35-51(36-44-57)31-33-53-39-47-63(48-40-53)69(59-23-11-3-12-24-59)60-25-13-4-14-26-60/h1-50H/b33-31+,34-32+. The fourth-order valence-corrected chi connectivity index (χ4v) is 10.5. The summed E-state index contributed by atoms with van der Waals surface area (Å²) >= 11 is 1.87. The maximum atomic E-state index is 2.29. The third kappa shape index (κ3) is 10.1. The normalized spacial score (nSPS) is 11.3. The molecule has 0 saturated carbocycles. The SMILES string of the molecule is C(=C\c1ccc(N(c2ccccc2)c2ccccc2)cc1)/c1ccc(-c2sc(-c3ccc(/C=C/c4ccc(N(c5ccccc5)c5ccccc5)cc4)cc3)c(-c3ccccc3)c2-c2ccccc2)cc1. The molecule has 338 valence electrons. The van der Waals surface area contributed by atoms with Crippen LogP contribution in [0.5, 0.6) is 0 Å². The first kappa shape index (κ1) is 44.5. The number of para-hydroxylation sites is 4. The van der Waals surface area contributed by atoms with Crippen molar-refractivity contribution in [3.8, 4) is 43.1 Å². The first-order valence-corrected chi connectivity index (χ1v) is 24.9. The monoisotopic (exact) mass is 926 g/mol. The Labute approximate surface area is 421 Å².